The fourth-order valence-electron chi connectivity index (χ4n) is 1.50. The Labute approximate surface area is 119 Å². The van der Waals surface area contributed by atoms with Crippen LogP contribution in [0, 0.1) is 6.92 Å². The molecule has 0 aliphatic rings. The predicted molar refractivity (Wildman–Crippen MR) is 73.1 cm³/mol. The largest absolute Gasteiger partial charge is 0.476 e. The number of benzene rings is 1. The van der Waals surface area contributed by atoms with E-state index in [1.165, 1.54) is 18.5 Å². The molecular weight excluding hydrogens is 282 g/mol. The Hall–Kier alpha value is -2.47. The first-order valence-corrected chi connectivity index (χ1v) is 5.98. The molecule has 2 aromatic rings. The Morgan fingerprint density at radius 3 is 2.60 bits per heavy atom. The number of aryl methyl sites for hydroxylation is 1. The first-order chi connectivity index (χ1) is 9.49. The molecule has 0 atom stereocenters. The number of carboxylic acids is 1. The molecule has 0 unspecified atom stereocenters. The van der Waals surface area contributed by atoms with Crippen molar-refractivity contribution in [2.75, 3.05) is 5.32 Å². The van der Waals surface area contributed by atoms with Gasteiger partial charge in [-0.25, -0.2) is 14.8 Å². The highest BCUT2D eigenvalue weighted by Gasteiger charge is 2.16. The molecule has 1 amide bonds. The third-order valence-corrected chi connectivity index (χ3v) is 2.97. The molecule has 1 aromatic carbocycles. The van der Waals surface area contributed by atoms with Gasteiger partial charge in [0.25, 0.3) is 5.91 Å². The van der Waals surface area contributed by atoms with Crippen LogP contribution in [0.3, 0.4) is 0 Å². The van der Waals surface area contributed by atoms with Gasteiger partial charge in [0.05, 0.1) is 0 Å². The molecule has 0 fully saturated rings. The van der Waals surface area contributed by atoms with E-state index >= 15 is 0 Å². The molecular formula is C13H10ClN3O3. The van der Waals surface area contributed by atoms with Gasteiger partial charge >= 0.3 is 5.97 Å². The van der Waals surface area contributed by atoms with Gasteiger partial charge in [-0.15, -0.1) is 0 Å². The molecule has 20 heavy (non-hydrogen) atoms. The molecule has 0 spiro atoms. The Morgan fingerprint density at radius 1 is 1.25 bits per heavy atom. The lowest BCUT2D eigenvalue weighted by Gasteiger charge is -2.07. The first-order valence-electron chi connectivity index (χ1n) is 5.61. The van der Waals surface area contributed by atoms with Gasteiger partial charge in [0, 0.05) is 23.0 Å². The highest BCUT2D eigenvalue weighted by Crippen LogP contribution is 2.18. The summed E-state index contributed by atoms with van der Waals surface area (Å²) < 4.78 is 0. The monoisotopic (exact) mass is 291 g/mol. The maximum Gasteiger partial charge on any atom is 0.358 e. The first kappa shape index (κ1) is 14.0. The van der Waals surface area contributed by atoms with E-state index in [2.05, 4.69) is 15.3 Å². The van der Waals surface area contributed by atoms with E-state index in [4.69, 9.17) is 16.7 Å². The molecule has 0 bridgehead atoms. The van der Waals surface area contributed by atoms with Gasteiger partial charge < -0.3 is 10.4 Å². The van der Waals surface area contributed by atoms with Gasteiger partial charge in [0.15, 0.2) is 11.5 Å². The molecule has 102 valence electrons. The molecule has 1 heterocycles. The number of carbonyl (C=O) groups excluding carboxylic acids is 1. The summed E-state index contributed by atoms with van der Waals surface area (Å²) in [5.41, 5.74) is 0.829. The van der Waals surface area contributed by atoms with Crippen molar-refractivity contribution in [2.24, 2.45) is 0 Å². The van der Waals surface area contributed by atoms with Crippen LogP contribution in [0.4, 0.5) is 5.82 Å². The molecule has 0 aliphatic heterocycles. The van der Waals surface area contributed by atoms with Crippen molar-refractivity contribution in [3.63, 3.8) is 0 Å². The normalized spacial score (nSPS) is 10.1. The summed E-state index contributed by atoms with van der Waals surface area (Å²) in [4.78, 5) is 30.4. The fraction of sp³-hybridized carbons (Fsp3) is 0.0769. The molecule has 6 nitrogen and oxygen atoms in total. The third kappa shape index (κ3) is 2.92. The third-order valence-electron chi connectivity index (χ3n) is 2.57. The summed E-state index contributed by atoms with van der Waals surface area (Å²) in [6, 6.07) is 4.79. The molecule has 0 aliphatic carbocycles. The highest BCUT2D eigenvalue weighted by molar-refractivity contribution is 6.31. The van der Waals surface area contributed by atoms with Gasteiger partial charge in [-0.1, -0.05) is 17.7 Å². The lowest BCUT2D eigenvalue weighted by molar-refractivity contribution is 0.0691. The summed E-state index contributed by atoms with van der Waals surface area (Å²) in [6.07, 6.45) is 2.53. The number of anilines is 1. The number of halogens is 1. The van der Waals surface area contributed by atoms with Crippen molar-refractivity contribution in [2.45, 2.75) is 6.92 Å². The average Bonchev–Trinajstić information content (AvgIpc) is 2.42. The van der Waals surface area contributed by atoms with Crippen LogP contribution in [0.15, 0.2) is 30.6 Å². The van der Waals surface area contributed by atoms with Gasteiger partial charge in [0.2, 0.25) is 0 Å². The van der Waals surface area contributed by atoms with E-state index in [0.717, 1.165) is 5.56 Å². The van der Waals surface area contributed by atoms with E-state index in [1.54, 1.807) is 12.1 Å². The summed E-state index contributed by atoms with van der Waals surface area (Å²) in [5.74, 6) is -1.88. The highest BCUT2D eigenvalue weighted by atomic mass is 35.5. The molecule has 2 rings (SSSR count). The smallest absolute Gasteiger partial charge is 0.358 e. The zero-order valence-electron chi connectivity index (χ0n) is 10.4. The number of hydrogen-bond donors (Lipinski definition) is 2. The lowest BCUT2D eigenvalue weighted by Crippen LogP contribution is -2.17. The number of rotatable bonds is 3. The van der Waals surface area contributed by atoms with Crippen molar-refractivity contribution < 1.29 is 14.7 Å². The maximum absolute atomic E-state index is 12.0. The Balaban J connectivity index is 2.28. The van der Waals surface area contributed by atoms with Crippen molar-refractivity contribution in [1.82, 2.24) is 9.97 Å². The number of nitrogens with one attached hydrogen (secondary N) is 1. The quantitative estimate of drug-likeness (QED) is 0.906. The maximum atomic E-state index is 12.0. The van der Waals surface area contributed by atoms with Crippen LogP contribution in [0.5, 0.6) is 0 Å². The average molecular weight is 292 g/mol. The van der Waals surface area contributed by atoms with E-state index < -0.39 is 11.9 Å². The number of aromatic nitrogens is 2. The summed E-state index contributed by atoms with van der Waals surface area (Å²) in [7, 11) is 0. The van der Waals surface area contributed by atoms with Crippen molar-refractivity contribution >= 4 is 29.3 Å². The molecule has 0 saturated heterocycles. The van der Waals surface area contributed by atoms with Gasteiger partial charge in [0.1, 0.15) is 0 Å². The SMILES string of the molecule is Cc1ccc(C(=O)Nc2nccnc2C(=O)O)cc1Cl. The predicted octanol–water partition coefficient (Wildman–Crippen LogP) is 2.39. The van der Waals surface area contributed by atoms with E-state index in [9.17, 15) is 9.59 Å². The van der Waals surface area contributed by atoms with Crippen molar-refractivity contribution in [1.29, 1.82) is 0 Å². The standard InChI is InChI=1S/C13H10ClN3O3/c1-7-2-3-8(6-9(7)14)12(18)17-11-10(13(19)20)15-4-5-16-11/h2-6H,1H3,(H,19,20)(H,16,17,18). The minimum atomic E-state index is -1.27. The number of aromatic carboxylic acids is 1. The lowest BCUT2D eigenvalue weighted by atomic mass is 10.1. The topological polar surface area (TPSA) is 92.2 Å². The van der Waals surface area contributed by atoms with E-state index in [0.29, 0.717) is 10.6 Å². The summed E-state index contributed by atoms with van der Waals surface area (Å²) in [6.45, 7) is 1.81. The number of hydrogen-bond acceptors (Lipinski definition) is 4. The van der Waals surface area contributed by atoms with Crippen LogP contribution in [-0.4, -0.2) is 27.0 Å². The van der Waals surface area contributed by atoms with Crippen LogP contribution in [0.25, 0.3) is 0 Å². The summed E-state index contributed by atoms with van der Waals surface area (Å²) >= 11 is 5.94. The number of nitrogens with zero attached hydrogens (tertiary/aromatic N) is 2. The number of carbonyl (C=O) groups is 2. The minimum absolute atomic E-state index is 0.110. The van der Waals surface area contributed by atoms with Crippen LogP contribution < -0.4 is 5.32 Å². The second kappa shape index (κ2) is 5.66. The van der Waals surface area contributed by atoms with Crippen LogP contribution in [-0.2, 0) is 0 Å². The Morgan fingerprint density at radius 2 is 1.95 bits per heavy atom. The summed E-state index contributed by atoms with van der Waals surface area (Å²) in [5, 5.41) is 11.8. The molecule has 7 heteroatoms. The van der Waals surface area contributed by atoms with E-state index in [-0.39, 0.29) is 11.5 Å². The molecule has 2 N–H and O–H groups in total. The van der Waals surface area contributed by atoms with Crippen molar-refractivity contribution in [3.05, 3.63) is 52.4 Å². The zero-order valence-corrected chi connectivity index (χ0v) is 11.2. The van der Waals surface area contributed by atoms with Crippen molar-refractivity contribution in [3.8, 4) is 0 Å². The Bertz CT molecular complexity index is 688. The molecule has 1 aromatic heterocycles. The number of amides is 1. The van der Waals surface area contributed by atoms with Gasteiger partial charge in [-0.3, -0.25) is 4.79 Å². The fourth-order valence-corrected chi connectivity index (χ4v) is 1.68. The second-order valence-electron chi connectivity index (χ2n) is 3.98. The number of carboxylic acid groups (broad SMARTS) is 1. The van der Waals surface area contributed by atoms with Crippen LogP contribution in [0.1, 0.15) is 26.4 Å². The van der Waals surface area contributed by atoms with Gasteiger partial charge in [-0.2, -0.15) is 0 Å². The zero-order chi connectivity index (χ0) is 14.7. The molecule has 0 saturated carbocycles. The second-order valence-corrected chi connectivity index (χ2v) is 4.38. The molecule has 0 radical (unpaired) electrons. The van der Waals surface area contributed by atoms with Gasteiger partial charge in [-0.05, 0) is 24.6 Å². The minimum Gasteiger partial charge on any atom is -0.476 e. The Kier molecular flexibility index (Phi) is 3.95. The van der Waals surface area contributed by atoms with Crippen LogP contribution in [0.2, 0.25) is 5.02 Å². The van der Waals surface area contributed by atoms with Crippen LogP contribution >= 0.6 is 11.6 Å². The van der Waals surface area contributed by atoms with E-state index in [1.807, 2.05) is 6.92 Å².